The third-order valence-corrected chi connectivity index (χ3v) is 9.15. The molecule has 2 aromatic rings. The standard InChI is InChI=1S/C21H25NO6S3/c1-13(2)22-31(24,25)19-12-14(5-8-17(19)26-3)20(23)28-16-7-6-15(11-18(16)27-4)21-29-9-10-30-21/h5-8,11-13,21-22H,9-10H2,1-4H3. The minimum absolute atomic E-state index is 0.0814. The fourth-order valence-corrected chi connectivity index (χ4v) is 7.30. The molecule has 7 nitrogen and oxygen atoms in total. The number of ether oxygens (including phenoxy) is 3. The molecule has 0 bridgehead atoms. The number of carbonyl (C=O) groups excluding carboxylic acids is 1. The fraction of sp³-hybridized carbons (Fsp3) is 0.381. The Labute approximate surface area is 191 Å². The van der Waals surface area contributed by atoms with Gasteiger partial charge in [-0.15, -0.1) is 23.5 Å². The number of hydrogen-bond acceptors (Lipinski definition) is 8. The van der Waals surface area contributed by atoms with Crippen LogP contribution in [0.15, 0.2) is 41.3 Å². The van der Waals surface area contributed by atoms with Gasteiger partial charge in [0.2, 0.25) is 10.0 Å². The first-order valence-corrected chi connectivity index (χ1v) is 13.2. The van der Waals surface area contributed by atoms with Crippen molar-refractivity contribution in [3.63, 3.8) is 0 Å². The van der Waals surface area contributed by atoms with Gasteiger partial charge in [0, 0.05) is 17.5 Å². The lowest BCUT2D eigenvalue weighted by molar-refractivity contribution is 0.0729. The van der Waals surface area contributed by atoms with Crippen LogP contribution in [0.5, 0.6) is 17.2 Å². The third-order valence-electron chi connectivity index (χ3n) is 4.36. The van der Waals surface area contributed by atoms with Gasteiger partial charge >= 0.3 is 5.97 Å². The number of esters is 1. The summed E-state index contributed by atoms with van der Waals surface area (Å²) in [6.07, 6.45) is 0. The van der Waals surface area contributed by atoms with E-state index in [0.29, 0.717) is 10.3 Å². The van der Waals surface area contributed by atoms with Gasteiger partial charge < -0.3 is 14.2 Å². The Morgan fingerprint density at radius 1 is 1.00 bits per heavy atom. The molecule has 0 radical (unpaired) electrons. The van der Waals surface area contributed by atoms with Crippen LogP contribution in [-0.4, -0.2) is 46.2 Å². The number of hydrogen-bond donors (Lipinski definition) is 1. The summed E-state index contributed by atoms with van der Waals surface area (Å²) in [6.45, 7) is 3.42. The van der Waals surface area contributed by atoms with Gasteiger partial charge in [0.15, 0.2) is 11.5 Å². The molecule has 1 aliphatic rings. The van der Waals surface area contributed by atoms with E-state index in [1.807, 2.05) is 35.7 Å². The van der Waals surface area contributed by atoms with Crippen LogP contribution in [-0.2, 0) is 10.0 Å². The van der Waals surface area contributed by atoms with Crippen molar-refractivity contribution in [2.24, 2.45) is 0 Å². The predicted octanol–water partition coefficient (Wildman–Crippen LogP) is 4.09. The van der Waals surface area contributed by atoms with Crippen molar-refractivity contribution in [3.05, 3.63) is 47.5 Å². The summed E-state index contributed by atoms with van der Waals surface area (Å²) >= 11 is 3.74. The minimum Gasteiger partial charge on any atom is -0.495 e. The molecule has 0 saturated carbocycles. The minimum atomic E-state index is -3.87. The Bertz CT molecular complexity index is 1050. The van der Waals surface area contributed by atoms with Crippen LogP contribution in [0.3, 0.4) is 0 Å². The van der Waals surface area contributed by atoms with Gasteiger partial charge in [-0.1, -0.05) is 6.07 Å². The van der Waals surface area contributed by atoms with E-state index in [4.69, 9.17) is 14.2 Å². The van der Waals surface area contributed by atoms with Gasteiger partial charge in [0.05, 0.1) is 24.4 Å². The number of carbonyl (C=O) groups is 1. The normalized spacial score (nSPS) is 14.6. The molecular weight excluding hydrogens is 458 g/mol. The Balaban J connectivity index is 1.87. The van der Waals surface area contributed by atoms with E-state index in [1.165, 1.54) is 32.4 Å². The van der Waals surface area contributed by atoms with E-state index < -0.39 is 16.0 Å². The smallest absolute Gasteiger partial charge is 0.343 e. The quantitative estimate of drug-likeness (QED) is 0.444. The molecule has 0 unspecified atom stereocenters. The summed E-state index contributed by atoms with van der Waals surface area (Å²) in [5.74, 6) is 2.36. The summed E-state index contributed by atoms with van der Waals surface area (Å²) in [4.78, 5) is 12.7. The second-order valence-electron chi connectivity index (χ2n) is 7.01. The van der Waals surface area contributed by atoms with Gasteiger partial charge in [-0.25, -0.2) is 17.9 Å². The fourth-order valence-electron chi connectivity index (χ4n) is 3.01. The number of rotatable bonds is 8. The molecule has 1 saturated heterocycles. The molecule has 1 aliphatic heterocycles. The molecule has 2 aromatic carbocycles. The molecule has 1 fully saturated rings. The van der Waals surface area contributed by atoms with Gasteiger partial charge in [0.1, 0.15) is 10.6 Å². The Hall–Kier alpha value is -1.88. The molecule has 0 aliphatic carbocycles. The summed E-state index contributed by atoms with van der Waals surface area (Å²) in [6, 6.07) is 9.31. The lowest BCUT2D eigenvalue weighted by Crippen LogP contribution is -2.30. The first kappa shape index (κ1) is 23.8. The van der Waals surface area contributed by atoms with Gasteiger partial charge in [-0.2, -0.15) is 0 Å². The maximum absolute atomic E-state index is 12.8. The topological polar surface area (TPSA) is 90.9 Å². The van der Waals surface area contributed by atoms with E-state index >= 15 is 0 Å². The van der Waals surface area contributed by atoms with Gasteiger partial charge in [-0.05, 0) is 49.7 Å². The van der Waals surface area contributed by atoms with Crippen LogP contribution in [0, 0.1) is 0 Å². The van der Waals surface area contributed by atoms with Crippen molar-refractivity contribution < 1.29 is 27.4 Å². The molecule has 3 rings (SSSR count). The molecule has 1 N–H and O–H groups in total. The zero-order chi connectivity index (χ0) is 22.6. The Kier molecular flexibility index (Phi) is 7.79. The summed E-state index contributed by atoms with van der Waals surface area (Å²) in [5, 5.41) is 0. The van der Waals surface area contributed by atoms with Crippen molar-refractivity contribution in [1.29, 1.82) is 0 Å². The zero-order valence-electron chi connectivity index (χ0n) is 17.7. The van der Waals surface area contributed by atoms with Gasteiger partial charge in [0.25, 0.3) is 0 Å². The second-order valence-corrected chi connectivity index (χ2v) is 11.4. The first-order valence-electron chi connectivity index (χ1n) is 9.59. The molecule has 168 valence electrons. The maximum atomic E-state index is 12.8. The Morgan fingerprint density at radius 3 is 2.26 bits per heavy atom. The lowest BCUT2D eigenvalue weighted by atomic mass is 10.2. The van der Waals surface area contributed by atoms with Gasteiger partial charge in [-0.3, -0.25) is 0 Å². The first-order chi connectivity index (χ1) is 14.7. The van der Waals surface area contributed by atoms with E-state index in [2.05, 4.69) is 4.72 Å². The van der Waals surface area contributed by atoms with Crippen LogP contribution in [0.25, 0.3) is 0 Å². The summed E-state index contributed by atoms with van der Waals surface area (Å²) in [5.41, 5.74) is 1.18. The Morgan fingerprint density at radius 2 is 1.65 bits per heavy atom. The highest BCUT2D eigenvalue weighted by Crippen LogP contribution is 2.47. The number of sulfonamides is 1. The van der Waals surface area contributed by atoms with Crippen LogP contribution in [0.2, 0.25) is 0 Å². The second kappa shape index (κ2) is 10.2. The zero-order valence-corrected chi connectivity index (χ0v) is 20.2. The molecule has 31 heavy (non-hydrogen) atoms. The number of methoxy groups -OCH3 is 2. The van der Waals surface area contributed by atoms with Crippen LogP contribution < -0.4 is 18.9 Å². The maximum Gasteiger partial charge on any atom is 0.343 e. The monoisotopic (exact) mass is 483 g/mol. The highest BCUT2D eigenvalue weighted by Gasteiger charge is 2.24. The van der Waals surface area contributed by atoms with Crippen molar-refractivity contribution in [2.45, 2.75) is 29.4 Å². The predicted molar refractivity (Wildman–Crippen MR) is 124 cm³/mol. The van der Waals surface area contributed by atoms with E-state index in [-0.39, 0.29) is 28.0 Å². The van der Waals surface area contributed by atoms with Crippen molar-refractivity contribution in [2.75, 3.05) is 25.7 Å². The van der Waals surface area contributed by atoms with Crippen LogP contribution >= 0.6 is 23.5 Å². The molecule has 0 atom stereocenters. The number of thioether (sulfide) groups is 2. The summed E-state index contributed by atoms with van der Waals surface area (Å²) in [7, 11) is -0.986. The molecule has 0 amide bonds. The number of nitrogens with one attached hydrogen (secondary N) is 1. The molecular formula is C21H25NO6S3. The van der Waals surface area contributed by atoms with E-state index in [9.17, 15) is 13.2 Å². The highest BCUT2D eigenvalue weighted by atomic mass is 32.2. The lowest BCUT2D eigenvalue weighted by Gasteiger charge is -2.15. The van der Waals surface area contributed by atoms with Crippen LogP contribution in [0.4, 0.5) is 0 Å². The SMILES string of the molecule is COc1cc(C2SCCS2)ccc1OC(=O)c1ccc(OC)c(S(=O)(=O)NC(C)C)c1. The molecule has 1 heterocycles. The third kappa shape index (κ3) is 5.68. The largest absolute Gasteiger partial charge is 0.495 e. The molecule has 0 spiro atoms. The average Bonchev–Trinajstić information content (AvgIpc) is 3.27. The van der Waals surface area contributed by atoms with E-state index in [1.54, 1.807) is 19.9 Å². The van der Waals surface area contributed by atoms with E-state index in [0.717, 1.165) is 17.1 Å². The van der Waals surface area contributed by atoms with Crippen molar-refractivity contribution in [3.8, 4) is 17.2 Å². The van der Waals surface area contributed by atoms with Crippen molar-refractivity contribution in [1.82, 2.24) is 4.72 Å². The molecule has 10 heteroatoms. The summed E-state index contributed by atoms with van der Waals surface area (Å²) < 4.78 is 44.2. The van der Waals surface area contributed by atoms with Crippen molar-refractivity contribution >= 4 is 39.5 Å². The number of benzene rings is 2. The highest BCUT2D eigenvalue weighted by molar-refractivity contribution is 8.19. The molecule has 0 aromatic heterocycles. The average molecular weight is 484 g/mol. The van der Waals surface area contributed by atoms with Crippen LogP contribution in [0.1, 0.15) is 34.4 Å².